The Kier molecular flexibility index (Phi) is 4.40. The van der Waals surface area contributed by atoms with Crippen LogP contribution in [-0.4, -0.2) is 28.3 Å². The predicted molar refractivity (Wildman–Crippen MR) is 72.4 cm³/mol. The first-order valence-corrected chi connectivity index (χ1v) is 7.32. The topological polar surface area (TPSA) is 37.8 Å². The van der Waals surface area contributed by atoms with Crippen LogP contribution in [0.25, 0.3) is 0 Å². The maximum atomic E-state index is 4.42. The molecule has 2 rings (SSSR count). The molecular weight excluding hydrogens is 230 g/mol. The SMILES string of the molecule is Cc1cc(C)nc(SCCNC(C)C2CC2)n1. The van der Waals surface area contributed by atoms with Crippen LogP contribution in [-0.2, 0) is 0 Å². The van der Waals surface area contributed by atoms with Crippen molar-refractivity contribution in [1.29, 1.82) is 0 Å². The maximum absolute atomic E-state index is 4.42. The van der Waals surface area contributed by atoms with E-state index >= 15 is 0 Å². The molecule has 0 spiro atoms. The van der Waals surface area contributed by atoms with Crippen molar-refractivity contribution in [3.63, 3.8) is 0 Å². The smallest absolute Gasteiger partial charge is 0.188 e. The summed E-state index contributed by atoms with van der Waals surface area (Å²) in [5.74, 6) is 1.97. The third-order valence-electron chi connectivity index (χ3n) is 3.09. The van der Waals surface area contributed by atoms with Gasteiger partial charge >= 0.3 is 0 Å². The second kappa shape index (κ2) is 5.83. The van der Waals surface area contributed by atoms with Gasteiger partial charge in [-0.05, 0) is 45.6 Å². The van der Waals surface area contributed by atoms with Gasteiger partial charge in [-0.15, -0.1) is 0 Å². The van der Waals surface area contributed by atoms with E-state index in [2.05, 4.69) is 22.2 Å². The lowest BCUT2D eigenvalue weighted by Crippen LogP contribution is -2.29. The number of thioether (sulfide) groups is 1. The largest absolute Gasteiger partial charge is 0.313 e. The first-order chi connectivity index (χ1) is 8.15. The van der Waals surface area contributed by atoms with Gasteiger partial charge in [0.25, 0.3) is 0 Å². The summed E-state index contributed by atoms with van der Waals surface area (Å²) in [7, 11) is 0. The lowest BCUT2D eigenvalue weighted by molar-refractivity contribution is 0.514. The van der Waals surface area contributed by atoms with Gasteiger partial charge in [0.1, 0.15) is 0 Å². The van der Waals surface area contributed by atoms with Crippen LogP contribution >= 0.6 is 11.8 Å². The van der Waals surface area contributed by atoms with E-state index in [-0.39, 0.29) is 0 Å². The van der Waals surface area contributed by atoms with Gasteiger partial charge in [-0.3, -0.25) is 0 Å². The van der Waals surface area contributed by atoms with E-state index in [0.717, 1.165) is 34.8 Å². The van der Waals surface area contributed by atoms with Gasteiger partial charge in [-0.1, -0.05) is 11.8 Å². The van der Waals surface area contributed by atoms with Crippen LogP contribution in [0, 0.1) is 19.8 Å². The zero-order valence-corrected chi connectivity index (χ0v) is 11.7. The number of hydrogen-bond donors (Lipinski definition) is 1. The molecule has 1 N–H and O–H groups in total. The third-order valence-corrected chi connectivity index (χ3v) is 3.94. The van der Waals surface area contributed by atoms with Gasteiger partial charge in [0, 0.05) is 29.7 Å². The Bertz CT molecular complexity index is 357. The molecule has 0 saturated heterocycles. The van der Waals surface area contributed by atoms with E-state index in [0.29, 0.717) is 6.04 Å². The molecule has 1 atom stereocenters. The molecule has 4 heteroatoms. The van der Waals surface area contributed by atoms with Gasteiger partial charge in [0.2, 0.25) is 0 Å². The molecule has 17 heavy (non-hydrogen) atoms. The van der Waals surface area contributed by atoms with E-state index < -0.39 is 0 Å². The number of aromatic nitrogens is 2. The van der Waals surface area contributed by atoms with Crippen LogP contribution in [0.4, 0.5) is 0 Å². The number of nitrogens with one attached hydrogen (secondary N) is 1. The molecule has 0 aliphatic heterocycles. The van der Waals surface area contributed by atoms with Crippen molar-refractivity contribution in [2.45, 2.75) is 44.8 Å². The maximum Gasteiger partial charge on any atom is 0.188 e. The van der Waals surface area contributed by atoms with E-state index in [1.807, 2.05) is 19.9 Å². The molecular formula is C13H21N3S. The summed E-state index contributed by atoms with van der Waals surface area (Å²) in [5.41, 5.74) is 2.11. The molecule has 1 aliphatic rings. The molecule has 1 saturated carbocycles. The molecule has 3 nitrogen and oxygen atoms in total. The third kappa shape index (κ3) is 4.28. The van der Waals surface area contributed by atoms with E-state index in [9.17, 15) is 0 Å². The van der Waals surface area contributed by atoms with Gasteiger partial charge in [0.05, 0.1) is 0 Å². The first-order valence-electron chi connectivity index (χ1n) is 6.33. The molecule has 0 aromatic carbocycles. The Morgan fingerprint density at radius 3 is 2.59 bits per heavy atom. The summed E-state index contributed by atoms with van der Waals surface area (Å²) in [6.07, 6.45) is 2.81. The van der Waals surface area contributed by atoms with Gasteiger partial charge in [0.15, 0.2) is 5.16 Å². The zero-order chi connectivity index (χ0) is 12.3. The first kappa shape index (κ1) is 12.8. The van der Waals surface area contributed by atoms with Crippen molar-refractivity contribution in [1.82, 2.24) is 15.3 Å². The summed E-state index contributed by atoms with van der Waals surface area (Å²) in [4.78, 5) is 8.84. The van der Waals surface area contributed by atoms with Gasteiger partial charge in [-0.2, -0.15) is 0 Å². The van der Waals surface area contributed by atoms with Crippen molar-refractivity contribution < 1.29 is 0 Å². The Hall–Kier alpha value is -0.610. The summed E-state index contributed by atoms with van der Waals surface area (Å²) < 4.78 is 0. The molecule has 1 fully saturated rings. The normalized spacial score (nSPS) is 17.1. The standard InChI is InChI=1S/C13H21N3S/c1-9-8-10(2)16-13(15-9)17-7-6-14-11(3)12-4-5-12/h8,11-12,14H,4-7H2,1-3H3. The van der Waals surface area contributed by atoms with Crippen LogP contribution in [0.15, 0.2) is 11.2 Å². The second-order valence-corrected chi connectivity index (χ2v) is 5.92. The summed E-state index contributed by atoms with van der Waals surface area (Å²) in [6.45, 7) is 7.37. The summed E-state index contributed by atoms with van der Waals surface area (Å²) in [5, 5.41) is 4.47. The van der Waals surface area contributed by atoms with Gasteiger partial charge in [-0.25, -0.2) is 9.97 Å². The molecule has 0 amide bonds. The Morgan fingerprint density at radius 2 is 2.00 bits per heavy atom. The van der Waals surface area contributed by atoms with E-state index in [1.54, 1.807) is 11.8 Å². The molecule has 1 aromatic heterocycles. The molecule has 1 aliphatic carbocycles. The monoisotopic (exact) mass is 251 g/mol. The molecule has 0 bridgehead atoms. The molecule has 1 unspecified atom stereocenters. The highest BCUT2D eigenvalue weighted by molar-refractivity contribution is 7.99. The predicted octanol–water partition coefficient (Wildman–Crippen LogP) is 2.57. The van der Waals surface area contributed by atoms with E-state index in [4.69, 9.17) is 0 Å². The molecule has 1 heterocycles. The average molecular weight is 251 g/mol. The lowest BCUT2D eigenvalue weighted by Gasteiger charge is -2.11. The Labute approximate surface area is 108 Å². The van der Waals surface area contributed by atoms with Crippen LogP contribution < -0.4 is 5.32 Å². The van der Waals surface area contributed by atoms with Crippen molar-refractivity contribution in [2.24, 2.45) is 5.92 Å². The number of rotatable bonds is 6. The van der Waals surface area contributed by atoms with Crippen LogP contribution in [0.3, 0.4) is 0 Å². The van der Waals surface area contributed by atoms with Crippen molar-refractivity contribution in [3.8, 4) is 0 Å². The fourth-order valence-electron chi connectivity index (χ4n) is 1.95. The zero-order valence-electron chi connectivity index (χ0n) is 10.9. The average Bonchev–Trinajstić information content (AvgIpc) is 3.06. The second-order valence-electron chi connectivity index (χ2n) is 4.86. The number of hydrogen-bond acceptors (Lipinski definition) is 4. The fourth-order valence-corrected chi connectivity index (χ4v) is 2.77. The Morgan fingerprint density at radius 1 is 1.35 bits per heavy atom. The van der Waals surface area contributed by atoms with Crippen LogP contribution in [0.2, 0.25) is 0 Å². The number of nitrogens with zero attached hydrogens (tertiary/aromatic N) is 2. The van der Waals surface area contributed by atoms with Crippen LogP contribution in [0.5, 0.6) is 0 Å². The highest BCUT2D eigenvalue weighted by atomic mass is 32.2. The minimum Gasteiger partial charge on any atom is -0.313 e. The lowest BCUT2D eigenvalue weighted by atomic mass is 10.2. The van der Waals surface area contributed by atoms with Gasteiger partial charge < -0.3 is 5.32 Å². The minimum absolute atomic E-state index is 0.677. The van der Waals surface area contributed by atoms with Crippen LogP contribution in [0.1, 0.15) is 31.2 Å². The van der Waals surface area contributed by atoms with E-state index in [1.165, 1.54) is 12.8 Å². The fraction of sp³-hybridized carbons (Fsp3) is 0.692. The van der Waals surface area contributed by atoms with Crippen molar-refractivity contribution >= 4 is 11.8 Å². The van der Waals surface area contributed by atoms with Crippen molar-refractivity contribution in [2.75, 3.05) is 12.3 Å². The molecule has 94 valence electrons. The number of aryl methyl sites for hydroxylation is 2. The Balaban J connectivity index is 1.70. The highest BCUT2D eigenvalue weighted by Gasteiger charge is 2.27. The molecule has 1 aromatic rings. The summed E-state index contributed by atoms with van der Waals surface area (Å²) in [6, 6.07) is 2.69. The minimum atomic E-state index is 0.677. The summed E-state index contributed by atoms with van der Waals surface area (Å²) >= 11 is 1.74. The quantitative estimate of drug-likeness (QED) is 0.479. The molecule has 0 radical (unpaired) electrons. The highest BCUT2D eigenvalue weighted by Crippen LogP contribution is 2.32. The van der Waals surface area contributed by atoms with Crippen molar-refractivity contribution in [3.05, 3.63) is 17.5 Å².